The third kappa shape index (κ3) is 1.80. The summed E-state index contributed by atoms with van der Waals surface area (Å²) in [5, 5.41) is 4.00. The summed E-state index contributed by atoms with van der Waals surface area (Å²) >= 11 is 0. The molecule has 0 N–H and O–H groups in total. The van der Waals surface area contributed by atoms with Crippen LogP contribution in [0, 0.1) is 12.3 Å². The van der Waals surface area contributed by atoms with Crippen LogP contribution in [0.4, 0.5) is 0 Å². The highest BCUT2D eigenvalue weighted by Crippen LogP contribution is 2.52. The largest absolute Gasteiger partial charge is 0.338 e. The minimum absolute atomic E-state index is 0.0390. The van der Waals surface area contributed by atoms with Crippen LogP contribution in [0.2, 0.25) is 0 Å². The van der Waals surface area contributed by atoms with Gasteiger partial charge in [-0.1, -0.05) is 35.5 Å². The SMILES string of the molecule is C#CCCc1noc(C2(c3ccccc3)CC2)n1. The third-order valence-corrected chi connectivity index (χ3v) is 3.45. The quantitative estimate of drug-likeness (QED) is 0.769. The van der Waals surface area contributed by atoms with E-state index >= 15 is 0 Å². The highest BCUT2D eigenvalue weighted by atomic mass is 16.5. The highest BCUT2D eigenvalue weighted by molar-refractivity contribution is 5.37. The number of benzene rings is 1. The van der Waals surface area contributed by atoms with E-state index < -0.39 is 0 Å². The van der Waals surface area contributed by atoms with Gasteiger partial charge in [0.1, 0.15) is 0 Å². The maximum atomic E-state index is 5.41. The van der Waals surface area contributed by atoms with Crippen LogP contribution in [0.3, 0.4) is 0 Å². The van der Waals surface area contributed by atoms with Crippen molar-refractivity contribution in [2.24, 2.45) is 0 Å². The summed E-state index contributed by atoms with van der Waals surface area (Å²) < 4.78 is 5.41. The van der Waals surface area contributed by atoms with E-state index in [0.29, 0.717) is 18.7 Å². The molecular weight excluding hydrogens is 224 g/mol. The predicted octanol–water partition coefficient (Wildman–Crippen LogP) is 2.72. The molecule has 0 unspecified atom stereocenters. The fraction of sp³-hybridized carbons (Fsp3) is 0.333. The predicted molar refractivity (Wildman–Crippen MR) is 67.9 cm³/mol. The molecule has 18 heavy (non-hydrogen) atoms. The topological polar surface area (TPSA) is 38.9 Å². The lowest BCUT2D eigenvalue weighted by Gasteiger charge is -2.09. The van der Waals surface area contributed by atoms with Crippen LogP contribution in [0.1, 0.15) is 36.5 Å². The van der Waals surface area contributed by atoms with Crippen LogP contribution in [-0.4, -0.2) is 10.1 Å². The molecule has 0 spiro atoms. The molecule has 1 saturated carbocycles. The summed E-state index contributed by atoms with van der Waals surface area (Å²) in [7, 11) is 0. The van der Waals surface area contributed by atoms with E-state index in [9.17, 15) is 0 Å². The normalized spacial score (nSPS) is 16.2. The number of hydrogen-bond acceptors (Lipinski definition) is 3. The van der Waals surface area contributed by atoms with Crippen molar-refractivity contribution in [3.63, 3.8) is 0 Å². The minimum Gasteiger partial charge on any atom is -0.338 e. The van der Waals surface area contributed by atoms with Gasteiger partial charge in [0.2, 0.25) is 5.89 Å². The maximum Gasteiger partial charge on any atom is 0.237 e. The number of aromatic nitrogens is 2. The molecular formula is C15H14N2O. The highest BCUT2D eigenvalue weighted by Gasteiger charge is 2.50. The van der Waals surface area contributed by atoms with Crippen LogP contribution in [0.25, 0.3) is 0 Å². The Hall–Kier alpha value is -2.08. The molecule has 90 valence electrons. The molecule has 3 rings (SSSR count). The molecule has 1 heterocycles. The second kappa shape index (κ2) is 4.30. The number of terminal acetylenes is 1. The molecule has 0 bridgehead atoms. The maximum absolute atomic E-state index is 5.41. The zero-order valence-corrected chi connectivity index (χ0v) is 10.1. The molecule has 3 heteroatoms. The van der Waals surface area contributed by atoms with Gasteiger partial charge in [-0.15, -0.1) is 12.3 Å². The molecule has 0 saturated heterocycles. The van der Waals surface area contributed by atoms with Gasteiger partial charge >= 0.3 is 0 Å². The van der Waals surface area contributed by atoms with Gasteiger partial charge in [0, 0.05) is 12.8 Å². The van der Waals surface area contributed by atoms with E-state index in [1.165, 1.54) is 5.56 Å². The van der Waals surface area contributed by atoms with Gasteiger partial charge in [-0.05, 0) is 18.4 Å². The van der Waals surface area contributed by atoms with Gasteiger partial charge in [-0.25, -0.2) is 0 Å². The first-order valence-corrected chi connectivity index (χ1v) is 6.17. The molecule has 1 aromatic heterocycles. The summed E-state index contributed by atoms with van der Waals surface area (Å²) in [6.45, 7) is 0. The van der Waals surface area contributed by atoms with Crippen molar-refractivity contribution in [1.82, 2.24) is 10.1 Å². The average Bonchev–Trinajstić information content (AvgIpc) is 3.10. The third-order valence-electron chi connectivity index (χ3n) is 3.45. The molecule has 1 aliphatic rings. The Morgan fingerprint density at radius 3 is 2.72 bits per heavy atom. The van der Waals surface area contributed by atoms with E-state index in [1.54, 1.807) is 0 Å². The van der Waals surface area contributed by atoms with Gasteiger partial charge in [0.05, 0.1) is 5.41 Å². The summed E-state index contributed by atoms with van der Waals surface area (Å²) in [6.07, 6.45) is 8.73. The summed E-state index contributed by atoms with van der Waals surface area (Å²) in [5.74, 6) is 4.04. The van der Waals surface area contributed by atoms with Crippen molar-refractivity contribution in [3.8, 4) is 12.3 Å². The lowest BCUT2D eigenvalue weighted by Crippen LogP contribution is -2.09. The average molecular weight is 238 g/mol. The molecule has 3 nitrogen and oxygen atoms in total. The zero-order chi connectivity index (χ0) is 12.4. The Morgan fingerprint density at radius 1 is 1.28 bits per heavy atom. The van der Waals surface area contributed by atoms with Crippen LogP contribution >= 0.6 is 0 Å². The summed E-state index contributed by atoms with van der Waals surface area (Å²) in [5.41, 5.74) is 1.22. The van der Waals surface area contributed by atoms with Crippen molar-refractivity contribution in [3.05, 3.63) is 47.6 Å². The summed E-state index contributed by atoms with van der Waals surface area (Å²) in [6, 6.07) is 10.4. The Kier molecular flexibility index (Phi) is 2.64. The molecule has 0 aliphatic heterocycles. The van der Waals surface area contributed by atoms with E-state index in [4.69, 9.17) is 10.9 Å². The second-order valence-electron chi connectivity index (χ2n) is 4.67. The smallest absolute Gasteiger partial charge is 0.237 e. The second-order valence-corrected chi connectivity index (χ2v) is 4.67. The first kappa shape index (κ1) is 11.0. The minimum atomic E-state index is -0.0390. The van der Waals surface area contributed by atoms with Gasteiger partial charge in [-0.2, -0.15) is 4.98 Å². The lowest BCUT2D eigenvalue weighted by atomic mass is 9.96. The number of aryl methyl sites for hydroxylation is 1. The van der Waals surface area contributed by atoms with Crippen molar-refractivity contribution in [2.75, 3.05) is 0 Å². The van der Waals surface area contributed by atoms with Gasteiger partial charge in [0.15, 0.2) is 5.82 Å². The zero-order valence-electron chi connectivity index (χ0n) is 10.1. The molecule has 2 aromatic rings. The van der Waals surface area contributed by atoms with Crippen LogP contribution in [0.15, 0.2) is 34.9 Å². The van der Waals surface area contributed by atoms with Gasteiger partial charge < -0.3 is 4.52 Å². The van der Waals surface area contributed by atoms with E-state index in [-0.39, 0.29) is 5.41 Å². The van der Waals surface area contributed by atoms with E-state index in [0.717, 1.165) is 18.7 Å². The van der Waals surface area contributed by atoms with Gasteiger partial charge in [0.25, 0.3) is 0 Å². The Bertz CT molecular complexity index is 576. The number of hydrogen-bond donors (Lipinski definition) is 0. The van der Waals surface area contributed by atoms with Crippen molar-refractivity contribution in [1.29, 1.82) is 0 Å². The van der Waals surface area contributed by atoms with Crippen LogP contribution in [0.5, 0.6) is 0 Å². The fourth-order valence-electron chi connectivity index (χ4n) is 2.24. The molecule has 0 atom stereocenters. The molecule has 0 amide bonds. The molecule has 1 aliphatic carbocycles. The monoisotopic (exact) mass is 238 g/mol. The van der Waals surface area contributed by atoms with Crippen LogP contribution < -0.4 is 0 Å². The Morgan fingerprint density at radius 2 is 2.06 bits per heavy atom. The molecule has 1 fully saturated rings. The first-order valence-electron chi connectivity index (χ1n) is 6.17. The first-order chi connectivity index (χ1) is 8.85. The molecule has 0 radical (unpaired) electrons. The lowest BCUT2D eigenvalue weighted by molar-refractivity contribution is 0.355. The van der Waals surface area contributed by atoms with Crippen molar-refractivity contribution < 1.29 is 4.52 Å². The van der Waals surface area contributed by atoms with Gasteiger partial charge in [-0.3, -0.25) is 0 Å². The summed E-state index contributed by atoms with van der Waals surface area (Å²) in [4.78, 5) is 4.48. The number of rotatable bonds is 4. The van der Waals surface area contributed by atoms with E-state index in [2.05, 4.69) is 28.2 Å². The van der Waals surface area contributed by atoms with E-state index in [1.807, 2.05) is 18.2 Å². The molecule has 1 aromatic carbocycles. The fourth-order valence-corrected chi connectivity index (χ4v) is 2.24. The van der Waals surface area contributed by atoms with Crippen molar-refractivity contribution >= 4 is 0 Å². The Labute approximate surface area is 106 Å². The van der Waals surface area contributed by atoms with Crippen LogP contribution in [-0.2, 0) is 11.8 Å². The number of nitrogens with zero attached hydrogens (tertiary/aromatic N) is 2. The Balaban J connectivity index is 1.87. The standard InChI is InChI=1S/C15H14N2O/c1-2-3-9-13-16-14(18-17-13)15(10-11-15)12-7-5-4-6-8-12/h1,4-8H,3,9-11H2. The van der Waals surface area contributed by atoms with Crippen molar-refractivity contribution in [2.45, 2.75) is 31.1 Å².